The number of ether oxygens (including phenoxy) is 2. The van der Waals surface area contributed by atoms with Gasteiger partial charge < -0.3 is 14.4 Å². The smallest absolute Gasteiger partial charge is 0.161 e. The molecule has 1 aliphatic heterocycles. The lowest BCUT2D eigenvalue weighted by molar-refractivity contribution is 0.254. The molecular formula is C26H37N3O2. The van der Waals surface area contributed by atoms with Crippen molar-refractivity contribution in [2.45, 2.75) is 64.2 Å². The molecule has 4 rings (SSSR count). The van der Waals surface area contributed by atoms with Crippen LogP contribution in [0.2, 0.25) is 0 Å². The highest BCUT2D eigenvalue weighted by Crippen LogP contribution is 2.30. The fraction of sp³-hybridized carbons (Fsp3) is 0.615. The molecule has 1 aromatic heterocycles. The number of aromatic nitrogens is 2. The van der Waals surface area contributed by atoms with E-state index in [0.717, 1.165) is 48.2 Å². The van der Waals surface area contributed by atoms with Crippen molar-refractivity contribution in [2.24, 2.45) is 5.92 Å². The maximum atomic E-state index is 6.09. The Labute approximate surface area is 187 Å². The molecular weight excluding hydrogens is 386 g/mol. The lowest BCUT2D eigenvalue weighted by Gasteiger charge is -2.16. The first-order valence-electron chi connectivity index (χ1n) is 12.1. The molecule has 2 heterocycles. The largest absolute Gasteiger partial charge is 0.493 e. The van der Waals surface area contributed by atoms with Crippen LogP contribution in [0.4, 0.5) is 0 Å². The van der Waals surface area contributed by atoms with Crippen LogP contribution in [-0.2, 0) is 12.8 Å². The average molecular weight is 424 g/mol. The Balaban J connectivity index is 1.32. The van der Waals surface area contributed by atoms with Crippen LogP contribution in [0, 0.1) is 5.92 Å². The van der Waals surface area contributed by atoms with E-state index < -0.39 is 0 Å². The van der Waals surface area contributed by atoms with Gasteiger partial charge in [-0.2, -0.15) is 0 Å². The molecule has 5 nitrogen and oxygen atoms in total. The van der Waals surface area contributed by atoms with Gasteiger partial charge >= 0.3 is 0 Å². The van der Waals surface area contributed by atoms with Crippen LogP contribution < -0.4 is 9.47 Å². The minimum absolute atomic E-state index is 0.712. The first kappa shape index (κ1) is 22.1. The minimum atomic E-state index is 0.712. The van der Waals surface area contributed by atoms with Crippen molar-refractivity contribution < 1.29 is 9.47 Å². The highest BCUT2D eigenvalue weighted by Gasteiger charge is 2.15. The third-order valence-corrected chi connectivity index (χ3v) is 6.71. The van der Waals surface area contributed by atoms with Crippen molar-refractivity contribution in [1.29, 1.82) is 0 Å². The van der Waals surface area contributed by atoms with Gasteiger partial charge in [-0.25, -0.2) is 9.97 Å². The van der Waals surface area contributed by atoms with Gasteiger partial charge in [-0.05, 0) is 74.9 Å². The fourth-order valence-corrected chi connectivity index (χ4v) is 4.92. The lowest BCUT2D eigenvalue weighted by Crippen LogP contribution is -2.21. The summed E-state index contributed by atoms with van der Waals surface area (Å²) in [7, 11) is 1.70. The summed E-state index contributed by atoms with van der Waals surface area (Å²) in [6.45, 7) is 4.30. The zero-order valence-electron chi connectivity index (χ0n) is 19.0. The summed E-state index contributed by atoms with van der Waals surface area (Å²) < 4.78 is 11.6. The Hall–Kier alpha value is -2.14. The molecule has 0 unspecified atom stereocenters. The first-order chi connectivity index (χ1) is 15.3. The van der Waals surface area contributed by atoms with Crippen LogP contribution in [-0.4, -0.2) is 48.2 Å². The van der Waals surface area contributed by atoms with Crippen LogP contribution in [0.15, 0.2) is 30.5 Å². The molecule has 0 spiro atoms. The van der Waals surface area contributed by atoms with Gasteiger partial charge in [0.1, 0.15) is 5.82 Å². The van der Waals surface area contributed by atoms with Crippen LogP contribution in [0.25, 0.3) is 0 Å². The highest BCUT2D eigenvalue weighted by atomic mass is 16.5. The molecule has 2 fully saturated rings. The topological polar surface area (TPSA) is 47.5 Å². The van der Waals surface area contributed by atoms with Gasteiger partial charge in [0.2, 0.25) is 0 Å². The number of nitrogens with zero attached hydrogens (tertiary/aromatic N) is 3. The van der Waals surface area contributed by atoms with E-state index in [9.17, 15) is 0 Å². The van der Waals surface area contributed by atoms with Gasteiger partial charge in [0.25, 0.3) is 0 Å². The molecule has 2 aromatic rings. The van der Waals surface area contributed by atoms with Crippen LogP contribution in [0.1, 0.15) is 68.4 Å². The molecule has 31 heavy (non-hydrogen) atoms. The molecule has 0 amide bonds. The Morgan fingerprint density at radius 1 is 1.03 bits per heavy atom. The zero-order valence-corrected chi connectivity index (χ0v) is 19.0. The summed E-state index contributed by atoms with van der Waals surface area (Å²) in [5, 5.41) is 0. The van der Waals surface area contributed by atoms with Gasteiger partial charge in [0, 0.05) is 24.9 Å². The van der Waals surface area contributed by atoms with E-state index in [1.807, 2.05) is 12.3 Å². The van der Waals surface area contributed by atoms with E-state index in [1.165, 1.54) is 63.7 Å². The van der Waals surface area contributed by atoms with Gasteiger partial charge in [0.05, 0.1) is 13.7 Å². The number of likely N-dealkylation sites (tertiary alicyclic amines) is 1. The van der Waals surface area contributed by atoms with Gasteiger partial charge in [-0.15, -0.1) is 0 Å². The van der Waals surface area contributed by atoms with E-state index in [4.69, 9.17) is 14.5 Å². The van der Waals surface area contributed by atoms with Crippen molar-refractivity contribution in [3.05, 3.63) is 47.5 Å². The average Bonchev–Trinajstić information content (AvgIpc) is 3.50. The summed E-state index contributed by atoms with van der Waals surface area (Å²) in [6, 6.07) is 8.24. The number of hydrogen-bond acceptors (Lipinski definition) is 5. The molecule has 0 atom stereocenters. The summed E-state index contributed by atoms with van der Waals surface area (Å²) in [6.07, 6.45) is 14.2. The van der Waals surface area contributed by atoms with Crippen molar-refractivity contribution in [1.82, 2.24) is 14.9 Å². The van der Waals surface area contributed by atoms with E-state index in [0.29, 0.717) is 13.0 Å². The van der Waals surface area contributed by atoms with Crippen molar-refractivity contribution >= 4 is 0 Å². The zero-order chi connectivity index (χ0) is 21.3. The second-order valence-corrected chi connectivity index (χ2v) is 9.07. The Morgan fingerprint density at radius 3 is 2.68 bits per heavy atom. The fourth-order valence-electron chi connectivity index (χ4n) is 4.92. The van der Waals surface area contributed by atoms with Crippen molar-refractivity contribution in [3.8, 4) is 11.5 Å². The van der Waals surface area contributed by atoms with E-state index in [-0.39, 0.29) is 0 Å². The van der Waals surface area contributed by atoms with Crippen molar-refractivity contribution in [2.75, 3.05) is 33.4 Å². The maximum Gasteiger partial charge on any atom is 0.161 e. The Bertz CT molecular complexity index is 814. The number of rotatable bonds is 11. The number of methoxy groups -OCH3 is 1. The summed E-state index contributed by atoms with van der Waals surface area (Å²) in [5.74, 6) is 3.38. The third kappa shape index (κ3) is 6.67. The predicted octanol–water partition coefficient (Wildman–Crippen LogP) is 5.06. The molecule has 0 radical (unpaired) electrons. The van der Waals surface area contributed by atoms with Crippen LogP contribution >= 0.6 is 0 Å². The van der Waals surface area contributed by atoms with Gasteiger partial charge in [0.15, 0.2) is 11.5 Å². The number of hydrogen-bond donors (Lipinski definition) is 0. The first-order valence-corrected chi connectivity index (χ1v) is 12.1. The SMILES string of the molecule is COc1ccc(Cc2nccc(CCC3CCCC3)n2)cc1OCCCN1CCCC1. The number of benzene rings is 1. The molecule has 1 saturated heterocycles. The summed E-state index contributed by atoms with van der Waals surface area (Å²) >= 11 is 0. The predicted molar refractivity (Wildman–Crippen MR) is 124 cm³/mol. The molecule has 5 heteroatoms. The van der Waals surface area contributed by atoms with Gasteiger partial charge in [-0.1, -0.05) is 31.7 Å². The molecule has 0 bridgehead atoms. The molecule has 1 aromatic carbocycles. The summed E-state index contributed by atoms with van der Waals surface area (Å²) in [4.78, 5) is 11.9. The lowest BCUT2D eigenvalue weighted by atomic mass is 10.0. The monoisotopic (exact) mass is 423 g/mol. The molecule has 0 N–H and O–H groups in total. The molecule has 1 saturated carbocycles. The third-order valence-electron chi connectivity index (χ3n) is 6.71. The normalized spacial score (nSPS) is 17.3. The molecule has 168 valence electrons. The highest BCUT2D eigenvalue weighted by molar-refractivity contribution is 5.43. The Morgan fingerprint density at radius 2 is 1.87 bits per heavy atom. The van der Waals surface area contributed by atoms with E-state index >= 15 is 0 Å². The van der Waals surface area contributed by atoms with E-state index in [2.05, 4.69) is 28.1 Å². The van der Waals surface area contributed by atoms with Gasteiger partial charge in [-0.3, -0.25) is 0 Å². The number of aryl methyl sites for hydroxylation is 1. The quantitative estimate of drug-likeness (QED) is 0.473. The summed E-state index contributed by atoms with van der Waals surface area (Å²) in [5.41, 5.74) is 2.33. The Kier molecular flexibility index (Phi) is 8.17. The second kappa shape index (κ2) is 11.5. The van der Waals surface area contributed by atoms with Crippen LogP contribution in [0.5, 0.6) is 11.5 Å². The van der Waals surface area contributed by atoms with Crippen molar-refractivity contribution in [3.63, 3.8) is 0 Å². The van der Waals surface area contributed by atoms with Crippen LogP contribution in [0.3, 0.4) is 0 Å². The van der Waals surface area contributed by atoms with E-state index in [1.54, 1.807) is 7.11 Å². The molecule has 2 aliphatic rings. The maximum absolute atomic E-state index is 6.09. The second-order valence-electron chi connectivity index (χ2n) is 9.07. The molecule has 1 aliphatic carbocycles. The standard InChI is InChI=1S/C26H37N3O2/c1-30-24-12-10-22(19-25(24)31-18-6-17-29-15-4-5-16-29)20-26-27-14-13-23(28-26)11-9-21-7-2-3-8-21/h10,12-14,19,21H,2-9,11,15-18,20H2,1H3. The minimum Gasteiger partial charge on any atom is -0.493 e.